The molecule has 1 aliphatic rings. The van der Waals surface area contributed by atoms with Gasteiger partial charge in [-0.05, 0) is 82.0 Å². The lowest BCUT2D eigenvalue weighted by Crippen LogP contribution is -2.57. The first-order valence-corrected chi connectivity index (χ1v) is 27.1. The van der Waals surface area contributed by atoms with Crippen LogP contribution in [0.1, 0.15) is 74.4 Å². The summed E-state index contributed by atoms with van der Waals surface area (Å²) in [6.07, 6.45) is 0.0958. The third-order valence-corrected chi connectivity index (χ3v) is 13.7. The van der Waals surface area contributed by atoms with E-state index in [1.807, 2.05) is 112 Å². The number of hydrogen-bond acceptors (Lipinski definition) is 13. The highest BCUT2D eigenvalue weighted by Gasteiger charge is 2.44. The van der Waals surface area contributed by atoms with Gasteiger partial charge < -0.3 is 54.7 Å². The average molecular weight is 1080 g/mol. The van der Waals surface area contributed by atoms with E-state index in [0.29, 0.717) is 64.2 Å². The lowest BCUT2D eigenvalue weighted by Gasteiger charge is -2.35. The van der Waals surface area contributed by atoms with Gasteiger partial charge in [0.1, 0.15) is 30.2 Å². The lowest BCUT2D eigenvalue weighted by molar-refractivity contribution is -0.144. The van der Waals surface area contributed by atoms with Gasteiger partial charge in [-0.15, -0.1) is 22.9 Å². The molecule has 6 rings (SSSR count). The minimum atomic E-state index is -0.940. The van der Waals surface area contributed by atoms with Crippen LogP contribution in [-0.2, 0) is 44.7 Å². The summed E-state index contributed by atoms with van der Waals surface area (Å²) in [7, 11) is 0. The summed E-state index contributed by atoms with van der Waals surface area (Å²) in [5.41, 5.74) is 9.16. The number of allylic oxidation sites excluding steroid dienone is 1. The van der Waals surface area contributed by atoms with Crippen molar-refractivity contribution in [1.82, 2.24) is 25.8 Å². The molecule has 0 saturated carbocycles. The summed E-state index contributed by atoms with van der Waals surface area (Å²) >= 11 is 7.86. The summed E-state index contributed by atoms with van der Waals surface area (Å²) in [6, 6.07) is 31.1. The Morgan fingerprint density at radius 2 is 1.33 bits per heavy atom. The molecule has 408 valence electrons. The molecule has 16 nitrogen and oxygen atoms in total. The molecule has 1 fully saturated rings. The van der Waals surface area contributed by atoms with Gasteiger partial charge in [-0.25, -0.2) is 4.98 Å². The average Bonchev–Trinajstić information content (AvgIpc) is 4.04. The van der Waals surface area contributed by atoms with Gasteiger partial charge in [-0.1, -0.05) is 99.6 Å². The number of aryl methyl sites for hydroxylation is 1. The number of phenols is 1. The van der Waals surface area contributed by atoms with E-state index in [0.717, 1.165) is 49.5 Å². The molecule has 76 heavy (non-hydrogen) atoms. The smallest absolute Gasteiger partial charge is 0.246 e. The number of β-amino-alcohol motifs (C(OH)–C–C–N with tert-alkyl or cyclic N) is 1. The summed E-state index contributed by atoms with van der Waals surface area (Å²) in [5, 5.41) is 29.1. The first-order chi connectivity index (χ1) is 36.7. The Morgan fingerprint density at radius 1 is 0.737 bits per heavy atom. The van der Waals surface area contributed by atoms with Crippen molar-refractivity contribution in [2.45, 2.75) is 78.1 Å². The number of carbonyl (C=O) groups excluding carboxylic acids is 4. The number of aromatic hydroxyl groups is 1. The van der Waals surface area contributed by atoms with Gasteiger partial charge in [-0.3, -0.25) is 19.2 Å². The molecule has 4 amide bonds. The van der Waals surface area contributed by atoms with Crippen LogP contribution >= 0.6 is 22.9 Å². The molecule has 5 aromatic rings. The largest absolute Gasteiger partial charge is 0.508 e. The zero-order chi connectivity index (χ0) is 54.3. The number of carbonyl (C=O) groups is 4. The zero-order valence-corrected chi connectivity index (χ0v) is 45.5. The first-order valence-electron chi connectivity index (χ1n) is 25.7. The maximum absolute atomic E-state index is 13.9. The topological polar surface area (TPSA) is 207 Å². The Bertz CT molecular complexity index is 2630. The molecule has 1 aromatic heterocycles. The molecular weight excluding hydrogens is 1010 g/mol. The van der Waals surface area contributed by atoms with Gasteiger partial charge >= 0.3 is 0 Å². The molecule has 0 aliphatic carbocycles. The van der Waals surface area contributed by atoms with Crippen LogP contribution in [0, 0.1) is 12.3 Å². The van der Waals surface area contributed by atoms with Crippen LogP contribution in [0.3, 0.4) is 0 Å². The summed E-state index contributed by atoms with van der Waals surface area (Å²) in [5.74, 6) is -0.0121. The predicted octanol–water partition coefficient (Wildman–Crippen LogP) is 7.56. The number of likely N-dealkylation sites (tertiary alicyclic amines) is 1. The van der Waals surface area contributed by atoms with Crippen LogP contribution < -0.4 is 20.7 Å². The number of thiazole rings is 1. The van der Waals surface area contributed by atoms with E-state index in [4.69, 9.17) is 35.3 Å². The number of amides is 4. The second-order valence-corrected chi connectivity index (χ2v) is 20.6. The van der Waals surface area contributed by atoms with Crippen LogP contribution in [0.4, 0.5) is 0 Å². The second kappa shape index (κ2) is 30.5. The fourth-order valence-corrected chi connectivity index (χ4v) is 9.56. The van der Waals surface area contributed by atoms with Crippen LogP contribution in [0.15, 0.2) is 109 Å². The number of halogens is 1. The molecule has 4 aromatic carbocycles. The zero-order valence-electron chi connectivity index (χ0n) is 43.9. The highest BCUT2D eigenvalue weighted by Crippen LogP contribution is 2.36. The number of nitrogens with one attached hydrogen (secondary N) is 3. The number of rotatable bonds is 30. The van der Waals surface area contributed by atoms with Crippen LogP contribution in [0.5, 0.6) is 11.5 Å². The fraction of sp³-hybridized carbons (Fsp3) is 0.431. The molecular formula is C58H72ClN5O11S. The van der Waals surface area contributed by atoms with Crippen LogP contribution in [0.25, 0.3) is 21.6 Å². The summed E-state index contributed by atoms with van der Waals surface area (Å²) in [4.78, 5) is 59.6. The van der Waals surface area contributed by atoms with Crippen molar-refractivity contribution < 1.29 is 53.1 Å². The fourth-order valence-electron chi connectivity index (χ4n) is 8.56. The molecule has 5 N–H and O–H groups in total. The Morgan fingerprint density at radius 3 is 1.91 bits per heavy atom. The quantitative estimate of drug-likeness (QED) is 0.0172. The standard InChI is InChI=1S/C58H72ClN5O11S/c1-40-54(76-39-62-40)45-12-10-41(11-13-45)37-61-56(69)50-36-47(66)38-64(50)57(70)55(58(2,3)4)63-52(68)24-28-72-31-33-74-35-34-73-32-30-71-27-23-51(67)60-26-29-75-48-20-16-44(17-21-48)53(43-14-18-46(65)19-15-43)49(22-25-59)42-8-6-5-7-9-42/h5-21,39,47,50,55,65-66H,22-38H2,1-4H3,(H,60,67)(H,61,69)(H,63,68)/t47-,50+,55-/m1/s1. The van der Waals surface area contributed by atoms with E-state index in [2.05, 4.69) is 33.1 Å². The maximum Gasteiger partial charge on any atom is 0.246 e. The normalized spacial score (nSPS) is 15.2. The van der Waals surface area contributed by atoms with E-state index >= 15 is 0 Å². The highest BCUT2D eigenvalue weighted by atomic mass is 35.5. The SMILES string of the molecule is Cc1ncsc1-c1ccc(CNC(=O)[C@@H]2C[C@@H](O)CN2C(=O)[C@@H](NC(=O)CCOCCOCCOCCOCCC(=O)NCCOc2ccc(C(=C(CCCl)c3ccccc3)c3ccc(O)cc3)cc2)C(C)(C)C)cc1. The van der Waals surface area contributed by atoms with E-state index in [9.17, 15) is 29.4 Å². The van der Waals surface area contributed by atoms with Crippen molar-refractivity contribution in [3.63, 3.8) is 0 Å². The second-order valence-electron chi connectivity index (χ2n) is 19.3. The number of nitrogens with zero attached hydrogens (tertiary/aromatic N) is 2. The van der Waals surface area contributed by atoms with E-state index < -0.39 is 29.5 Å². The summed E-state index contributed by atoms with van der Waals surface area (Å²) in [6.45, 7) is 10.6. The Labute approximate surface area is 455 Å². The predicted molar refractivity (Wildman–Crippen MR) is 295 cm³/mol. The number of benzene rings is 4. The number of hydrogen-bond donors (Lipinski definition) is 5. The van der Waals surface area contributed by atoms with Crippen molar-refractivity contribution in [3.8, 4) is 21.9 Å². The Hall–Kier alpha value is -6.18. The number of aliphatic hydroxyl groups excluding tert-OH is 1. The molecule has 0 spiro atoms. The Balaban J connectivity index is 0.780. The van der Waals surface area contributed by atoms with Gasteiger partial charge in [-0.2, -0.15) is 0 Å². The lowest BCUT2D eigenvalue weighted by atomic mass is 9.85. The molecule has 1 aliphatic heterocycles. The van der Waals surface area contributed by atoms with Gasteiger partial charge in [0, 0.05) is 38.2 Å². The maximum atomic E-state index is 13.9. The van der Waals surface area contributed by atoms with Crippen molar-refractivity contribution in [2.24, 2.45) is 5.41 Å². The van der Waals surface area contributed by atoms with Crippen LogP contribution in [-0.4, -0.2) is 140 Å². The number of alkyl halides is 1. The third kappa shape index (κ3) is 18.5. The molecule has 2 heterocycles. The van der Waals surface area contributed by atoms with Gasteiger partial charge in [0.2, 0.25) is 23.6 Å². The van der Waals surface area contributed by atoms with Crippen LogP contribution in [0.2, 0.25) is 0 Å². The van der Waals surface area contributed by atoms with E-state index in [1.54, 1.807) is 23.5 Å². The van der Waals surface area contributed by atoms with E-state index in [-0.39, 0.29) is 75.6 Å². The van der Waals surface area contributed by atoms with Crippen molar-refractivity contribution >= 4 is 57.7 Å². The number of ether oxygens (including phenoxy) is 5. The molecule has 1 saturated heterocycles. The van der Waals surface area contributed by atoms with Gasteiger partial charge in [0.05, 0.1) is 81.6 Å². The van der Waals surface area contributed by atoms with Crippen molar-refractivity contribution in [1.29, 1.82) is 0 Å². The van der Waals surface area contributed by atoms with Gasteiger partial charge in [0.15, 0.2) is 0 Å². The minimum Gasteiger partial charge on any atom is -0.508 e. The number of aromatic nitrogens is 1. The molecule has 0 bridgehead atoms. The van der Waals surface area contributed by atoms with E-state index in [1.165, 1.54) is 4.90 Å². The molecule has 0 radical (unpaired) electrons. The minimum absolute atomic E-state index is 0.0129. The van der Waals surface area contributed by atoms with Gasteiger partial charge in [0.25, 0.3) is 0 Å². The Kier molecular flexibility index (Phi) is 23.7. The monoisotopic (exact) mass is 1080 g/mol. The van der Waals surface area contributed by atoms with Crippen molar-refractivity contribution in [3.05, 3.63) is 137 Å². The molecule has 3 atom stereocenters. The molecule has 18 heteroatoms. The first kappa shape index (κ1) is 59.1. The van der Waals surface area contributed by atoms with Crippen molar-refractivity contribution in [2.75, 3.05) is 78.4 Å². The number of phenolic OH excluding ortho intramolecular Hbond substituents is 1. The summed E-state index contributed by atoms with van der Waals surface area (Å²) < 4.78 is 28.2. The number of aliphatic hydroxyl groups is 1. The third-order valence-electron chi connectivity index (χ3n) is 12.5. The highest BCUT2D eigenvalue weighted by molar-refractivity contribution is 7.13. The molecule has 0 unspecified atom stereocenters.